The van der Waals surface area contributed by atoms with Gasteiger partial charge in [-0.2, -0.15) is 0 Å². The number of rotatable bonds is 5. The molecule has 0 bridgehead atoms. The first-order valence-electron chi connectivity index (χ1n) is 8.65. The molecule has 0 unspecified atom stereocenters. The summed E-state index contributed by atoms with van der Waals surface area (Å²) in [7, 11) is 0. The Hall–Kier alpha value is -4.13. The summed E-state index contributed by atoms with van der Waals surface area (Å²) < 4.78 is 0. The van der Waals surface area contributed by atoms with Crippen LogP contribution in [0.2, 0.25) is 0 Å². The fourth-order valence-corrected chi connectivity index (χ4v) is 3.08. The monoisotopic (exact) mass is 449 g/mol. The Morgan fingerprint density at radius 2 is 1.16 bits per heavy atom. The van der Waals surface area contributed by atoms with Gasteiger partial charge in [-0.15, -0.1) is 0 Å². The molecule has 0 aliphatic heterocycles. The van der Waals surface area contributed by atoms with Gasteiger partial charge in [-0.1, -0.05) is 18.2 Å². The van der Waals surface area contributed by atoms with Gasteiger partial charge in [0.1, 0.15) is 28.2 Å². The molecule has 0 spiro atoms. The fourth-order valence-electron chi connectivity index (χ4n) is 3.08. The predicted molar refractivity (Wildman–Crippen MR) is 112 cm³/mol. The summed E-state index contributed by atoms with van der Waals surface area (Å²) in [6, 6.07) is 7.22. The minimum Gasteiger partial charge on any atom is -0.507 e. The third-order valence-corrected chi connectivity index (χ3v) is 4.53. The molecule has 0 saturated carbocycles. The smallest absolute Gasteiger partial charge is 0.339 e. The Labute approximate surface area is 191 Å². The molecule has 1 aliphatic carbocycles. The highest BCUT2D eigenvalue weighted by Crippen LogP contribution is 2.35. The molecule has 0 aromatic heterocycles. The second-order valence-electron chi connectivity index (χ2n) is 6.47. The van der Waals surface area contributed by atoms with Crippen LogP contribution in [0.1, 0.15) is 31.8 Å². The quantitative estimate of drug-likeness (QED) is 0.339. The largest absolute Gasteiger partial charge is 0.507 e. The average Bonchev–Trinajstić information content (AvgIpc) is 2.71. The third kappa shape index (κ3) is 4.62. The standard InChI is InChI=1S/C22H14O9.Al/c23-16-4-1-10(7-13(16)20(26)27)19(11-2-5-17(24)14(8-11)21(28)29)12-3-6-18(25)15(9-12)22(30)31;/h1-9,23-24H,(H,26,27)(H,28,29)(H,30,31);. The number of phenols is 2. The molecular weight excluding hydrogens is 435 g/mol. The number of ketones is 1. The van der Waals surface area contributed by atoms with E-state index in [1.807, 2.05) is 0 Å². The number of aliphatic carboxylic acids is 1. The highest BCUT2D eigenvalue weighted by atomic mass is 27.0. The molecule has 32 heavy (non-hydrogen) atoms. The van der Waals surface area contributed by atoms with E-state index in [1.165, 1.54) is 18.2 Å². The van der Waals surface area contributed by atoms with Crippen LogP contribution in [-0.4, -0.2) is 66.6 Å². The minimum absolute atomic E-state index is 0. The number of carboxylic acid groups (broad SMARTS) is 3. The summed E-state index contributed by atoms with van der Waals surface area (Å²) in [5.74, 6) is -6.07. The first kappa shape index (κ1) is 24.1. The van der Waals surface area contributed by atoms with Crippen molar-refractivity contribution in [2.75, 3.05) is 0 Å². The fraction of sp³-hybridized carbons (Fsp3) is 0. The van der Waals surface area contributed by atoms with Crippen LogP contribution in [0, 0.1) is 0 Å². The molecule has 0 saturated heterocycles. The maximum Gasteiger partial charge on any atom is 0.339 e. The van der Waals surface area contributed by atoms with Crippen molar-refractivity contribution in [1.29, 1.82) is 0 Å². The second kappa shape index (κ2) is 9.35. The summed E-state index contributed by atoms with van der Waals surface area (Å²) in [6.45, 7) is 0. The van der Waals surface area contributed by atoms with Gasteiger partial charge in [0.15, 0.2) is 5.78 Å². The number of allylic oxidation sites excluding steroid dienone is 4. The van der Waals surface area contributed by atoms with Gasteiger partial charge < -0.3 is 25.5 Å². The van der Waals surface area contributed by atoms with Crippen molar-refractivity contribution in [2.24, 2.45) is 0 Å². The Kier molecular flexibility index (Phi) is 7.05. The summed E-state index contributed by atoms with van der Waals surface area (Å²) in [5.41, 5.74) is -0.644. The van der Waals surface area contributed by atoms with E-state index in [1.54, 1.807) is 0 Å². The number of carbonyl (C=O) groups is 4. The van der Waals surface area contributed by atoms with Crippen LogP contribution in [0.15, 0.2) is 65.8 Å². The third-order valence-electron chi connectivity index (χ3n) is 4.53. The maximum atomic E-state index is 11.9. The molecule has 0 heterocycles. The van der Waals surface area contributed by atoms with E-state index < -0.39 is 51.9 Å². The van der Waals surface area contributed by atoms with Gasteiger partial charge >= 0.3 is 17.9 Å². The Bertz CT molecular complexity index is 1190. The normalized spacial score (nSPS) is 12.6. The molecule has 1 aliphatic rings. The molecule has 2 aromatic rings. The van der Waals surface area contributed by atoms with Crippen LogP contribution in [0.5, 0.6) is 11.5 Å². The van der Waals surface area contributed by atoms with Gasteiger partial charge in [0, 0.05) is 17.4 Å². The number of aromatic carboxylic acids is 2. The first-order valence-corrected chi connectivity index (χ1v) is 8.65. The molecule has 3 rings (SSSR count). The molecular formula is C22H14AlO9. The number of carbonyl (C=O) groups excluding carboxylic acids is 1. The highest BCUT2D eigenvalue weighted by Gasteiger charge is 2.23. The highest BCUT2D eigenvalue weighted by molar-refractivity contribution is 6.23. The van der Waals surface area contributed by atoms with Gasteiger partial charge in [0.05, 0.1) is 0 Å². The Morgan fingerprint density at radius 1 is 0.688 bits per heavy atom. The molecule has 159 valence electrons. The molecule has 0 atom stereocenters. The van der Waals surface area contributed by atoms with Gasteiger partial charge in [-0.3, -0.25) is 4.79 Å². The lowest BCUT2D eigenvalue weighted by atomic mass is 9.87. The lowest BCUT2D eigenvalue weighted by molar-refractivity contribution is -0.134. The van der Waals surface area contributed by atoms with E-state index >= 15 is 0 Å². The van der Waals surface area contributed by atoms with Crippen molar-refractivity contribution in [3.63, 3.8) is 0 Å². The molecule has 3 radical (unpaired) electrons. The number of carboxylic acids is 3. The number of benzene rings is 2. The topological polar surface area (TPSA) is 169 Å². The SMILES string of the molecule is O=C(O)C1=CC(=C(c2ccc(O)c(C(=O)O)c2)c2ccc(O)c(C(=O)O)c2)C=CC1=O.[Al]. The van der Waals surface area contributed by atoms with Crippen molar-refractivity contribution in [3.8, 4) is 11.5 Å². The zero-order valence-corrected chi connectivity index (χ0v) is 17.3. The van der Waals surface area contributed by atoms with Crippen LogP contribution < -0.4 is 0 Å². The number of hydrogen-bond acceptors (Lipinski definition) is 6. The van der Waals surface area contributed by atoms with Gasteiger partial charge in [-0.05, 0) is 58.7 Å². The van der Waals surface area contributed by atoms with E-state index in [0.29, 0.717) is 0 Å². The zero-order chi connectivity index (χ0) is 22.9. The van der Waals surface area contributed by atoms with Crippen molar-refractivity contribution < 1.29 is 44.7 Å². The molecule has 10 heteroatoms. The Balaban J connectivity index is 0.00000363. The summed E-state index contributed by atoms with van der Waals surface area (Å²) in [6.07, 6.45) is 3.42. The van der Waals surface area contributed by atoms with Gasteiger partial charge in [-0.25, -0.2) is 14.4 Å². The second-order valence-corrected chi connectivity index (χ2v) is 6.47. The lowest BCUT2D eigenvalue weighted by Crippen LogP contribution is -2.13. The van der Waals surface area contributed by atoms with Crippen molar-refractivity contribution in [3.05, 3.63) is 88.0 Å². The number of hydrogen-bond donors (Lipinski definition) is 5. The van der Waals surface area contributed by atoms with E-state index in [0.717, 1.165) is 36.4 Å². The van der Waals surface area contributed by atoms with Crippen molar-refractivity contribution in [1.82, 2.24) is 0 Å². The van der Waals surface area contributed by atoms with Crippen molar-refractivity contribution in [2.45, 2.75) is 0 Å². The molecule has 9 nitrogen and oxygen atoms in total. The maximum absolute atomic E-state index is 11.9. The molecule has 2 aromatic carbocycles. The van der Waals surface area contributed by atoms with E-state index in [9.17, 15) is 44.7 Å². The van der Waals surface area contributed by atoms with Crippen LogP contribution in [0.3, 0.4) is 0 Å². The molecule has 0 amide bonds. The minimum atomic E-state index is -1.47. The summed E-state index contributed by atoms with van der Waals surface area (Å²) >= 11 is 0. The van der Waals surface area contributed by atoms with Gasteiger partial charge in [0.2, 0.25) is 0 Å². The van der Waals surface area contributed by atoms with Crippen LogP contribution in [0.25, 0.3) is 5.57 Å². The van der Waals surface area contributed by atoms with Crippen LogP contribution in [-0.2, 0) is 9.59 Å². The summed E-state index contributed by atoms with van der Waals surface area (Å²) in [4.78, 5) is 46.2. The van der Waals surface area contributed by atoms with Gasteiger partial charge in [0.25, 0.3) is 0 Å². The summed E-state index contributed by atoms with van der Waals surface area (Å²) in [5, 5.41) is 47.6. The lowest BCUT2D eigenvalue weighted by Gasteiger charge is -2.16. The van der Waals surface area contributed by atoms with Crippen molar-refractivity contribution >= 4 is 46.6 Å². The number of aromatic hydroxyl groups is 2. The molecule has 5 N–H and O–H groups in total. The van der Waals surface area contributed by atoms with Crippen LogP contribution >= 0.6 is 0 Å². The first-order chi connectivity index (χ1) is 14.6. The average molecular weight is 449 g/mol. The Morgan fingerprint density at radius 3 is 1.56 bits per heavy atom. The van der Waals surface area contributed by atoms with E-state index in [2.05, 4.69) is 0 Å². The van der Waals surface area contributed by atoms with E-state index in [4.69, 9.17) is 0 Å². The van der Waals surface area contributed by atoms with Crippen LogP contribution in [0.4, 0.5) is 0 Å². The predicted octanol–water partition coefficient (Wildman–Crippen LogP) is 2.07. The molecule has 0 fully saturated rings. The van der Waals surface area contributed by atoms with E-state index in [-0.39, 0.29) is 39.6 Å². The zero-order valence-electron chi connectivity index (χ0n) is 16.1.